The Morgan fingerprint density at radius 2 is 1.80 bits per heavy atom. The molecule has 2 aliphatic rings. The summed E-state index contributed by atoms with van der Waals surface area (Å²) >= 11 is 6.44. The van der Waals surface area contributed by atoms with E-state index >= 15 is 0 Å². The van der Waals surface area contributed by atoms with Crippen LogP contribution in [0.4, 0.5) is 15.9 Å². The van der Waals surface area contributed by atoms with E-state index in [1.807, 2.05) is 6.92 Å². The Balaban J connectivity index is 1.76. The van der Waals surface area contributed by atoms with E-state index in [0.29, 0.717) is 54.6 Å². The molecule has 2 fully saturated rings. The van der Waals surface area contributed by atoms with Crippen LogP contribution < -0.4 is 15.4 Å². The van der Waals surface area contributed by atoms with Crippen molar-refractivity contribution in [3.8, 4) is 6.07 Å². The fraction of sp³-hybridized carbons (Fsp3) is 0.393. The van der Waals surface area contributed by atoms with Gasteiger partial charge < -0.3 is 14.9 Å². The molecule has 0 saturated carbocycles. The Kier molecular flexibility index (Phi) is 9.27. The number of hydrogen-bond donors (Lipinski definition) is 1. The van der Waals surface area contributed by atoms with Crippen molar-refractivity contribution in [3.63, 3.8) is 0 Å². The van der Waals surface area contributed by atoms with Crippen molar-refractivity contribution in [1.29, 1.82) is 5.26 Å². The molecule has 9 nitrogen and oxygen atoms in total. The van der Waals surface area contributed by atoms with Gasteiger partial charge in [0.15, 0.2) is 0 Å². The van der Waals surface area contributed by atoms with Crippen LogP contribution in [0.25, 0.3) is 6.08 Å². The van der Waals surface area contributed by atoms with E-state index in [4.69, 9.17) is 17.3 Å². The number of halogens is 1. The number of nitriles is 1. The topological polar surface area (TPSA) is 110 Å². The Bertz CT molecular complexity index is 1460. The van der Waals surface area contributed by atoms with Crippen LogP contribution in [0, 0.1) is 24.1 Å². The maximum atomic E-state index is 13.5. The van der Waals surface area contributed by atoms with Crippen molar-refractivity contribution in [3.05, 3.63) is 62.0 Å². The molecule has 1 aromatic carbocycles. The molecule has 0 radical (unpaired) electrons. The second-order valence-corrected chi connectivity index (χ2v) is 11.3. The molecule has 1 aromatic heterocycles. The van der Waals surface area contributed by atoms with Crippen LogP contribution in [0.1, 0.15) is 42.9 Å². The van der Waals surface area contributed by atoms with Crippen molar-refractivity contribution in [2.45, 2.75) is 39.7 Å². The maximum absolute atomic E-state index is 13.5. The predicted molar refractivity (Wildman–Crippen MR) is 158 cm³/mol. The number of carbonyl (C=O) groups is 2. The van der Waals surface area contributed by atoms with Crippen molar-refractivity contribution >= 4 is 57.8 Å². The van der Waals surface area contributed by atoms with Crippen LogP contribution in [0.15, 0.2) is 34.0 Å². The van der Waals surface area contributed by atoms with Gasteiger partial charge in [0.1, 0.15) is 27.6 Å². The van der Waals surface area contributed by atoms with E-state index in [1.165, 1.54) is 17.0 Å². The van der Waals surface area contributed by atoms with Crippen molar-refractivity contribution < 1.29 is 19.1 Å². The number of pyridine rings is 1. The molecule has 4 rings (SSSR count). The molecule has 3 heterocycles. The van der Waals surface area contributed by atoms with E-state index in [-0.39, 0.29) is 34.2 Å². The van der Waals surface area contributed by atoms with Crippen LogP contribution >= 0.6 is 24.0 Å². The third-order valence-electron chi connectivity index (χ3n) is 7.05. The summed E-state index contributed by atoms with van der Waals surface area (Å²) in [5.41, 5.74) is 1.65. The molecule has 0 spiro atoms. The lowest BCUT2D eigenvalue weighted by molar-refractivity contribution is -0.137. The van der Waals surface area contributed by atoms with Gasteiger partial charge in [0.25, 0.3) is 11.5 Å². The van der Waals surface area contributed by atoms with Gasteiger partial charge in [-0.3, -0.25) is 23.9 Å². The van der Waals surface area contributed by atoms with E-state index in [2.05, 4.69) is 15.9 Å². The number of hydrogen-bond acceptors (Lipinski definition) is 8. The minimum atomic E-state index is -1.03. The van der Waals surface area contributed by atoms with Crippen LogP contribution in [0.3, 0.4) is 0 Å². The van der Waals surface area contributed by atoms with Crippen LogP contribution in [-0.4, -0.2) is 63.5 Å². The highest BCUT2D eigenvalue weighted by Crippen LogP contribution is 2.36. The first-order valence-electron chi connectivity index (χ1n) is 13.1. The molecule has 2 aliphatic heterocycles. The third kappa shape index (κ3) is 6.05. The normalized spacial score (nSPS) is 16.6. The van der Waals surface area contributed by atoms with Crippen LogP contribution in [0.5, 0.6) is 0 Å². The van der Waals surface area contributed by atoms with Gasteiger partial charge in [-0.05, 0) is 49.2 Å². The summed E-state index contributed by atoms with van der Waals surface area (Å²) in [6.45, 7) is 6.50. The number of aliphatic carboxylic acids is 1. The number of carboxylic acids is 1. The standard InChI is InChI=1S/C28H30FN5O4S2/c1-3-4-10-33-25(32-14-12-31(13-15-32)20-7-5-19(29)6-8-20)21(18(2)22(17-30)26(33)37)16-23-27(38)34(28(39)40-23)11-9-24(35)36/h5-8,16H,3-4,9-15H2,1-2H3,(H,35,36)/b23-16-. The van der Waals surface area contributed by atoms with Gasteiger partial charge in [-0.25, -0.2) is 4.39 Å². The highest BCUT2D eigenvalue weighted by Gasteiger charge is 2.34. The second-order valence-electron chi connectivity index (χ2n) is 9.59. The maximum Gasteiger partial charge on any atom is 0.305 e. The van der Waals surface area contributed by atoms with E-state index in [1.54, 1.807) is 29.7 Å². The van der Waals surface area contributed by atoms with Crippen LogP contribution in [0.2, 0.25) is 0 Å². The van der Waals surface area contributed by atoms with Gasteiger partial charge >= 0.3 is 5.97 Å². The number of nitrogens with zero attached hydrogens (tertiary/aromatic N) is 5. The molecule has 1 N–H and O–H groups in total. The van der Waals surface area contributed by atoms with Crippen molar-refractivity contribution in [2.75, 3.05) is 42.5 Å². The van der Waals surface area contributed by atoms with Crippen molar-refractivity contribution in [1.82, 2.24) is 9.47 Å². The summed E-state index contributed by atoms with van der Waals surface area (Å²) in [5.74, 6) is -1.08. The molecule has 0 aliphatic carbocycles. The SMILES string of the molecule is CCCCn1c(N2CCN(c3ccc(F)cc3)CC2)c(/C=C2\SC(=S)N(CCC(=O)O)C2=O)c(C)c(C#N)c1=O. The highest BCUT2D eigenvalue weighted by atomic mass is 32.2. The number of unbranched alkanes of at least 4 members (excludes halogenated alkanes) is 1. The number of rotatable bonds is 9. The summed E-state index contributed by atoms with van der Waals surface area (Å²) in [5, 5.41) is 18.9. The lowest BCUT2D eigenvalue weighted by atomic mass is 10.0. The first kappa shape index (κ1) is 29.3. The number of thioether (sulfide) groups is 1. The lowest BCUT2D eigenvalue weighted by Crippen LogP contribution is -2.48. The highest BCUT2D eigenvalue weighted by molar-refractivity contribution is 8.26. The number of benzene rings is 1. The molecule has 0 unspecified atom stereocenters. The third-order valence-corrected chi connectivity index (χ3v) is 8.43. The fourth-order valence-electron chi connectivity index (χ4n) is 4.87. The molecule has 0 bridgehead atoms. The summed E-state index contributed by atoms with van der Waals surface area (Å²) < 4.78 is 15.3. The Hall–Kier alpha value is -3.69. The summed E-state index contributed by atoms with van der Waals surface area (Å²) in [6.07, 6.45) is 3.02. The number of carboxylic acid groups (broad SMARTS) is 1. The smallest absolute Gasteiger partial charge is 0.305 e. The van der Waals surface area contributed by atoms with Gasteiger partial charge in [0.2, 0.25) is 0 Å². The first-order valence-corrected chi connectivity index (χ1v) is 14.3. The molecule has 1 amide bonds. The summed E-state index contributed by atoms with van der Waals surface area (Å²) in [6, 6.07) is 8.40. The largest absolute Gasteiger partial charge is 0.481 e. The number of piperazine rings is 1. The van der Waals surface area contributed by atoms with Crippen LogP contribution in [-0.2, 0) is 16.1 Å². The van der Waals surface area contributed by atoms with Gasteiger partial charge in [-0.15, -0.1) is 0 Å². The Labute approximate surface area is 241 Å². The molecule has 2 saturated heterocycles. The zero-order chi connectivity index (χ0) is 29.0. The molecule has 12 heteroatoms. The molecule has 210 valence electrons. The van der Waals surface area contributed by atoms with Gasteiger partial charge in [0.05, 0.1) is 11.3 Å². The summed E-state index contributed by atoms with van der Waals surface area (Å²) in [7, 11) is 0. The minimum Gasteiger partial charge on any atom is -0.481 e. The van der Waals surface area contributed by atoms with Gasteiger partial charge in [-0.2, -0.15) is 5.26 Å². The lowest BCUT2D eigenvalue weighted by Gasteiger charge is -2.39. The van der Waals surface area contributed by atoms with Crippen molar-refractivity contribution in [2.24, 2.45) is 0 Å². The summed E-state index contributed by atoms with van der Waals surface area (Å²) in [4.78, 5) is 43.6. The number of anilines is 2. The number of amides is 1. The predicted octanol–water partition coefficient (Wildman–Crippen LogP) is 3.97. The molecule has 40 heavy (non-hydrogen) atoms. The van der Waals surface area contributed by atoms with Gasteiger partial charge in [-0.1, -0.05) is 37.3 Å². The molecular weight excluding hydrogens is 553 g/mol. The molecule has 2 aromatic rings. The zero-order valence-electron chi connectivity index (χ0n) is 22.4. The number of carbonyl (C=O) groups excluding carboxylic acids is 1. The molecule has 0 atom stereocenters. The van der Waals surface area contributed by atoms with E-state index in [9.17, 15) is 24.0 Å². The number of aromatic nitrogens is 1. The molecular formula is C28H30FN5O4S2. The van der Waals surface area contributed by atoms with Gasteiger partial charge in [0, 0.05) is 50.5 Å². The minimum absolute atomic E-state index is 0.0254. The first-order chi connectivity index (χ1) is 19.2. The van der Waals surface area contributed by atoms with E-state index < -0.39 is 11.9 Å². The quantitative estimate of drug-likeness (QED) is 0.346. The zero-order valence-corrected chi connectivity index (χ0v) is 24.0. The number of thiocarbonyl (C=S) groups is 1. The fourth-order valence-corrected chi connectivity index (χ4v) is 6.16. The Morgan fingerprint density at radius 3 is 2.40 bits per heavy atom. The average Bonchev–Trinajstić information content (AvgIpc) is 3.20. The Morgan fingerprint density at radius 1 is 1.15 bits per heavy atom. The average molecular weight is 584 g/mol. The van der Waals surface area contributed by atoms with E-state index in [0.717, 1.165) is 30.3 Å². The monoisotopic (exact) mass is 583 g/mol. The second kappa shape index (κ2) is 12.7.